The molecule has 2 unspecified atom stereocenters. The average Bonchev–Trinajstić information content (AvgIpc) is 2.63. The van der Waals surface area contributed by atoms with Gasteiger partial charge in [-0.2, -0.15) is 0 Å². The second kappa shape index (κ2) is 7.39. The van der Waals surface area contributed by atoms with Crippen LogP contribution < -0.4 is 10.4 Å². The van der Waals surface area contributed by atoms with Gasteiger partial charge in [-0.25, -0.2) is 9.59 Å². The van der Waals surface area contributed by atoms with E-state index in [2.05, 4.69) is 0 Å². The Kier molecular flexibility index (Phi) is 5.26. The SMILES string of the molecule is C/C=C(/C)C(=O)OC1C(OC(C)=O)c2c(ccc3cc(C)c(=O)oc23)OC1(C)C. The van der Waals surface area contributed by atoms with Crippen LogP contribution in [0, 0.1) is 6.92 Å². The molecule has 0 saturated heterocycles. The van der Waals surface area contributed by atoms with Gasteiger partial charge in [0.1, 0.15) is 16.9 Å². The van der Waals surface area contributed by atoms with Crippen molar-refractivity contribution < 1.29 is 28.2 Å². The fraction of sp³-hybridized carbons (Fsp3) is 0.409. The van der Waals surface area contributed by atoms with Crippen LogP contribution in [0.4, 0.5) is 0 Å². The molecule has 0 spiro atoms. The van der Waals surface area contributed by atoms with Crippen LogP contribution in [-0.4, -0.2) is 23.6 Å². The Morgan fingerprint density at radius 3 is 2.48 bits per heavy atom. The van der Waals surface area contributed by atoms with Gasteiger partial charge in [0, 0.05) is 23.4 Å². The molecule has 1 aromatic heterocycles. The quantitative estimate of drug-likeness (QED) is 0.440. The molecule has 0 aliphatic carbocycles. The molecule has 0 saturated carbocycles. The van der Waals surface area contributed by atoms with Crippen molar-refractivity contribution in [2.24, 2.45) is 0 Å². The van der Waals surface area contributed by atoms with E-state index in [0.717, 1.165) is 0 Å². The Hall–Kier alpha value is -3.09. The molecule has 2 atom stereocenters. The van der Waals surface area contributed by atoms with Crippen molar-refractivity contribution in [1.29, 1.82) is 0 Å². The van der Waals surface area contributed by atoms with E-state index in [1.165, 1.54) is 6.92 Å². The van der Waals surface area contributed by atoms with E-state index >= 15 is 0 Å². The van der Waals surface area contributed by atoms with Gasteiger partial charge in [0.05, 0.1) is 5.56 Å². The summed E-state index contributed by atoms with van der Waals surface area (Å²) in [6.07, 6.45) is -0.335. The Balaban J connectivity index is 2.24. The van der Waals surface area contributed by atoms with Crippen molar-refractivity contribution in [3.8, 4) is 5.75 Å². The van der Waals surface area contributed by atoms with E-state index in [1.54, 1.807) is 58.9 Å². The predicted octanol–water partition coefficient (Wildman–Crippen LogP) is 3.75. The number of benzene rings is 1. The molecule has 0 N–H and O–H groups in total. The Morgan fingerprint density at radius 1 is 1.17 bits per heavy atom. The second-order valence-electron chi connectivity index (χ2n) is 7.65. The largest absolute Gasteiger partial charge is 0.483 e. The summed E-state index contributed by atoms with van der Waals surface area (Å²) in [7, 11) is 0. The number of aryl methyl sites for hydroxylation is 1. The van der Waals surface area contributed by atoms with Gasteiger partial charge in [-0.3, -0.25) is 4.79 Å². The maximum atomic E-state index is 12.5. The van der Waals surface area contributed by atoms with Crippen LogP contribution in [-0.2, 0) is 19.1 Å². The zero-order chi connectivity index (χ0) is 21.5. The number of fused-ring (bicyclic) bond motifs is 3. The summed E-state index contributed by atoms with van der Waals surface area (Å²) in [6, 6.07) is 5.18. The number of hydrogen-bond donors (Lipinski definition) is 0. The minimum Gasteiger partial charge on any atom is -0.483 e. The molecule has 1 aliphatic rings. The topological polar surface area (TPSA) is 92.0 Å². The van der Waals surface area contributed by atoms with Gasteiger partial charge in [0.2, 0.25) is 0 Å². The van der Waals surface area contributed by atoms with E-state index in [4.69, 9.17) is 18.6 Å². The van der Waals surface area contributed by atoms with Gasteiger partial charge in [-0.1, -0.05) is 6.08 Å². The summed E-state index contributed by atoms with van der Waals surface area (Å²) in [5.41, 5.74) is -0.0436. The number of esters is 2. The molecule has 1 aromatic carbocycles. The van der Waals surface area contributed by atoms with Crippen LogP contribution in [0.1, 0.15) is 51.8 Å². The van der Waals surface area contributed by atoms with Crippen molar-refractivity contribution in [3.63, 3.8) is 0 Å². The van der Waals surface area contributed by atoms with Crippen LogP contribution in [0.5, 0.6) is 5.75 Å². The highest BCUT2D eigenvalue weighted by Crippen LogP contribution is 2.46. The van der Waals surface area contributed by atoms with Crippen molar-refractivity contribution in [2.75, 3.05) is 0 Å². The molecule has 2 heterocycles. The van der Waals surface area contributed by atoms with Gasteiger partial charge in [-0.05, 0) is 52.8 Å². The molecule has 0 amide bonds. The number of ether oxygens (including phenoxy) is 3. The first-order valence-corrected chi connectivity index (χ1v) is 9.32. The second-order valence-corrected chi connectivity index (χ2v) is 7.65. The molecular formula is C22H24O7. The fourth-order valence-corrected chi connectivity index (χ4v) is 3.34. The number of carbonyl (C=O) groups excluding carboxylic acids is 2. The highest BCUT2D eigenvalue weighted by molar-refractivity contribution is 5.88. The van der Waals surface area contributed by atoms with Gasteiger partial charge in [-0.15, -0.1) is 0 Å². The standard InChI is InChI=1S/C22H24O7/c1-7-11(2)20(24)28-19-18(26-13(4)23)16-15(29-22(19,5)6)9-8-14-10-12(3)21(25)27-17(14)16/h7-10,18-19H,1-6H3/b11-7-. The van der Waals surface area contributed by atoms with E-state index in [-0.39, 0.29) is 5.58 Å². The highest BCUT2D eigenvalue weighted by Gasteiger charge is 2.50. The zero-order valence-corrected chi connectivity index (χ0v) is 17.3. The Morgan fingerprint density at radius 2 is 1.86 bits per heavy atom. The first kappa shape index (κ1) is 20.6. The third-order valence-corrected chi connectivity index (χ3v) is 4.97. The summed E-state index contributed by atoms with van der Waals surface area (Å²) >= 11 is 0. The average molecular weight is 400 g/mol. The molecular weight excluding hydrogens is 376 g/mol. The monoisotopic (exact) mass is 400 g/mol. The summed E-state index contributed by atoms with van der Waals surface area (Å²) in [5, 5.41) is 0.649. The first-order valence-electron chi connectivity index (χ1n) is 9.32. The van der Waals surface area contributed by atoms with Crippen LogP contribution in [0.2, 0.25) is 0 Å². The van der Waals surface area contributed by atoms with Crippen molar-refractivity contribution in [3.05, 3.63) is 51.4 Å². The van der Waals surface area contributed by atoms with E-state index in [9.17, 15) is 14.4 Å². The van der Waals surface area contributed by atoms with Gasteiger partial charge in [0.25, 0.3) is 0 Å². The van der Waals surface area contributed by atoms with Crippen LogP contribution in [0.15, 0.2) is 39.1 Å². The lowest BCUT2D eigenvalue weighted by atomic mass is 9.87. The number of rotatable bonds is 3. The lowest BCUT2D eigenvalue weighted by Crippen LogP contribution is -2.52. The minimum atomic E-state index is -1.01. The van der Waals surface area contributed by atoms with E-state index in [0.29, 0.717) is 27.8 Å². The fourth-order valence-electron chi connectivity index (χ4n) is 3.34. The number of hydrogen-bond acceptors (Lipinski definition) is 7. The van der Waals surface area contributed by atoms with Crippen molar-refractivity contribution in [1.82, 2.24) is 0 Å². The van der Waals surface area contributed by atoms with Crippen LogP contribution >= 0.6 is 0 Å². The molecule has 29 heavy (non-hydrogen) atoms. The molecule has 7 heteroatoms. The molecule has 1 aliphatic heterocycles. The van der Waals surface area contributed by atoms with Crippen molar-refractivity contribution >= 4 is 22.9 Å². The molecule has 0 bridgehead atoms. The Bertz CT molecular complexity index is 1070. The summed E-state index contributed by atoms with van der Waals surface area (Å²) in [6.45, 7) is 9.76. The highest BCUT2D eigenvalue weighted by atomic mass is 16.6. The number of carbonyl (C=O) groups is 2. The lowest BCUT2D eigenvalue weighted by Gasteiger charge is -2.43. The maximum Gasteiger partial charge on any atom is 0.339 e. The third-order valence-electron chi connectivity index (χ3n) is 4.97. The molecule has 7 nitrogen and oxygen atoms in total. The summed E-state index contributed by atoms with van der Waals surface area (Å²) < 4.78 is 22.9. The maximum absolute atomic E-state index is 12.5. The smallest absolute Gasteiger partial charge is 0.339 e. The minimum absolute atomic E-state index is 0.239. The first-order chi connectivity index (χ1) is 13.5. The molecule has 0 fully saturated rings. The zero-order valence-electron chi connectivity index (χ0n) is 17.3. The van der Waals surface area contributed by atoms with Gasteiger partial charge < -0.3 is 18.6 Å². The van der Waals surface area contributed by atoms with E-state index in [1.807, 2.05) is 0 Å². The lowest BCUT2D eigenvalue weighted by molar-refractivity contribution is -0.186. The Labute approximate surface area is 168 Å². The summed E-state index contributed by atoms with van der Waals surface area (Å²) in [4.78, 5) is 36.5. The normalized spacial score (nSPS) is 20.6. The van der Waals surface area contributed by atoms with Crippen LogP contribution in [0.25, 0.3) is 11.0 Å². The molecule has 3 rings (SSSR count). The van der Waals surface area contributed by atoms with E-state index < -0.39 is 35.4 Å². The van der Waals surface area contributed by atoms with Gasteiger partial charge >= 0.3 is 17.6 Å². The number of allylic oxidation sites excluding steroid dienone is 1. The molecule has 154 valence electrons. The third kappa shape index (κ3) is 3.77. The molecule has 2 aromatic rings. The predicted molar refractivity (Wildman–Crippen MR) is 106 cm³/mol. The van der Waals surface area contributed by atoms with Gasteiger partial charge in [0.15, 0.2) is 12.2 Å². The molecule has 0 radical (unpaired) electrons. The summed E-state index contributed by atoms with van der Waals surface area (Å²) in [5.74, 6) is -0.711. The van der Waals surface area contributed by atoms with Crippen molar-refractivity contribution in [2.45, 2.75) is 59.4 Å². The van der Waals surface area contributed by atoms with Crippen LogP contribution in [0.3, 0.4) is 0 Å².